The molecule has 2 aromatic rings. The van der Waals surface area contributed by atoms with Gasteiger partial charge in [0, 0.05) is 11.4 Å². The van der Waals surface area contributed by atoms with Crippen LogP contribution in [0, 0.1) is 0 Å². The summed E-state index contributed by atoms with van der Waals surface area (Å²) in [5, 5.41) is 6.95. The summed E-state index contributed by atoms with van der Waals surface area (Å²) in [7, 11) is 0. The van der Waals surface area contributed by atoms with Crippen molar-refractivity contribution >= 4 is 34.5 Å². The number of aryl methyl sites for hydroxylation is 1. The molecule has 21 heavy (non-hydrogen) atoms. The Kier molecular flexibility index (Phi) is 5.25. The van der Waals surface area contributed by atoms with Gasteiger partial charge in [-0.1, -0.05) is 24.9 Å². The van der Waals surface area contributed by atoms with Crippen molar-refractivity contribution in [2.24, 2.45) is 0 Å². The van der Waals surface area contributed by atoms with Gasteiger partial charge in [0.15, 0.2) is 5.69 Å². The zero-order chi connectivity index (χ0) is 15.4. The van der Waals surface area contributed by atoms with Gasteiger partial charge in [-0.05, 0) is 25.5 Å². The largest absolute Gasteiger partial charge is 0.395 e. The average molecular weight is 327 g/mol. The van der Waals surface area contributed by atoms with E-state index in [0.29, 0.717) is 24.5 Å². The highest BCUT2D eigenvalue weighted by Gasteiger charge is 2.22. The minimum atomic E-state index is -0.155. The Morgan fingerprint density at radius 2 is 2.24 bits per heavy atom. The van der Waals surface area contributed by atoms with Crippen molar-refractivity contribution in [3.8, 4) is 0 Å². The zero-order valence-electron chi connectivity index (χ0n) is 12.1. The van der Waals surface area contributed by atoms with E-state index in [1.54, 1.807) is 4.90 Å². The third-order valence-corrected chi connectivity index (χ3v) is 4.45. The first-order valence-corrected chi connectivity index (χ1v) is 8.12. The van der Waals surface area contributed by atoms with Crippen LogP contribution in [0.4, 0.5) is 5.69 Å². The summed E-state index contributed by atoms with van der Waals surface area (Å²) in [4.78, 5) is 15.3. The van der Waals surface area contributed by atoms with Gasteiger partial charge in [0.2, 0.25) is 0 Å². The molecule has 0 aromatic carbocycles. The van der Waals surface area contributed by atoms with E-state index in [9.17, 15) is 4.79 Å². The molecule has 0 bridgehead atoms. The zero-order valence-corrected chi connectivity index (χ0v) is 13.7. The lowest BCUT2D eigenvalue weighted by molar-refractivity contribution is 0.0749. The molecule has 0 aliphatic carbocycles. The Morgan fingerprint density at radius 3 is 2.81 bits per heavy atom. The van der Waals surface area contributed by atoms with Gasteiger partial charge < -0.3 is 10.6 Å². The quantitative estimate of drug-likeness (QED) is 0.855. The summed E-state index contributed by atoms with van der Waals surface area (Å²) in [5.74, 6) is -0.155. The molecule has 0 unspecified atom stereocenters. The van der Waals surface area contributed by atoms with Gasteiger partial charge in [-0.25, -0.2) is 0 Å². The lowest BCUT2D eigenvalue weighted by Crippen LogP contribution is -2.30. The Morgan fingerprint density at radius 1 is 1.48 bits per heavy atom. The number of nitrogens with zero attached hydrogens (tertiary/aromatic N) is 2. The second-order valence-corrected chi connectivity index (χ2v) is 6.54. The van der Waals surface area contributed by atoms with Gasteiger partial charge in [-0.3, -0.25) is 9.89 Å². The fourth-order valence-corrected chi connectivity index (χ4v) is 3.20. The van der Waals surface area contributed by atoms with Crippen LogP contribution in [-0.2, 0) is 13.0 Å². The molecule has 5 nitrogen and oxygen atoms in total. The molecule has 0 aliphatic heterocycles. The second-order valence-electron chi connectivity index (χ2n) is 4.74. The van der Waals surface area contributed by atoms with Crippen LogP contribution in [0.5, 0.6) is 0 Å². The predicted molar refractivity (Wildman–Crippen MR) is 86.7 cm³/mol. The standard InChI is InChI=1S/C14H19ClN4OS/c1-3-5-10-12(16)13(18-17-10)14(20)19(4-2)8-9-6-7-11(15)21-9/h6-7H,3-5,8,16H2,1-2H3,(H,17,18). The van der Waals surface area contributed by atoms with Crippen molar-refractivity contribution in [3.63, 3.8) is 0 Å². The highest BCUT2D eigenvalue weighted by molar-refractivity contribution is 7.16. The number of carbonyl (C=O) groups is 1. The van der Waals surface area contributed by atoms with Crippen molar-refractivity contribution in [1.82, 2.24) is 15.1 Å². The van der Waals surface area contributed by atoms with Crippen molar-refractivity contribution in [1.29, 1.82) is 0 Å². The number of aromatic nitrogens is 2. The molecule has 0 saturated heterocycles. The Balaban J connectivity index is 2.16. The number of carbonyl (C=O) groups excluding carboxylic acids is 1. The maximum absolute atomic E-state index is 12.6. The number of hydrogen-bond donors (Lipinski definition) is 2. The number of anilines is 1. The van der Waals surface area contributed by atoms with E-state index in [0.717, 1.165) is 27.7 Å². The molecule has 0 fully saturated rings. The monoisotopic (exact) mass is 326 g/mol. The molecule has 7 heteroatoms. The fourth-order valence-electron chi connectivity index (χ4n) is 2.09. The SMILES string of the molecule is CCCc1[nH]nc(C(=O)N(CC)Cc2ccc(Cl)s2)c1N. The molecule has 0 radical (unpaired) electrons. The van der Waals surface area contributed by atoms with Crippen LogP contribution in [-0.4, -0.2) is 27.5 Å². The Hall–Kier alpha value is -1.53. The van der Waals surface area contributed by atoms with E-state index in [4.69, 9.17) is 17.3 Å². The molecule has 0 spiro atoms. The number of amides is 1. The number of thiophene rings is 1. The maximum atomic E-state index is 12.6. The van der Waals surface area contributed by atoms with Crippen LogP contribution >= 0.6 is 22.9 Å². The summed E-state index contributed by atoms with van der Waals surface area (Å²) in [6.45, 7) is 5.09. The van der Waals surface area contributed by atoms with Crippen LogP contribution in [0.15, 0.2) is 12.1 Å². The number of nitrogens with one attached hydrogen (secondary N) is 1. The molecule has 2 heterocycles. The number of H-pyrrole nitrogens is 1. The Labute approximate surface area is 133 Å². The van der Waals surface area contributed by atoms with Crippen molar-refractivity contribution in [2.45, 2.75) is 33.2 Å². The van der Waals surface area contributed by atoms with E-state index in [-0.39, 0.29) is 5.91 Å². The summed E-state index contributed by atoms with van der Waals surface area (Å²) in [6.07, 6.45) is 1.74. The minimum absolute atomic E-state index is 0.155. The summed E-state index contributed by atoms with van der Waals surface area (Å²) < 4.78 is 0.720. The molecule has 114 valence electrons. The fraction of sp³-hybridized carbons (Fsp3) is 0.429. The maximum Gasteiger partial charge on any atom is 0.276 e. The Bertz CT molecular complexity index is 622. The highest BCUT2D eigenvalue weighted by atomic mass is 35.5. The third-order valence-electron chi connectivity index (χ3n) is 3.23. The molecule has 0 saturated carbocycles. The smallest absolute Gasteiger partial charge is 0.276 e. The molecule has 0 aliphatic rings. The summed E-state index contributed by atoms with van der Waals surface area (Å²) in [6, 6.07) is 3.77. The predicted octanol–water partition coefficient (Wildman–Crippen LogP) is 3.32. The van der Waals surface area contributed by atoms with E-state index in [1.165, 1.54) is 11.3 Å². The lowest BCUT2D eigenvalue weighted by Gasteiger charge is -2.19. The van der Waals surface area contributed by atoms with Crippen molar-refractivity contribution < 1.29 is 4.79 Å². The first-order valence-electron chi connectivity index (χ1n) is 6.93. The van der Waals surface area contributed by atoms with Crippen LogP contribution in [0.1, 0.15) is 41.3 Å². The lowest BCUT2D eigenvalue weighted by atomic mass is 10.2. The molecule has 2 rings (SSSR count). The number of rotatable bonds is 6. The second kappa shape index (κ2) is 6.95. The van der Waals surface area contributed by atoms with Gasteiger partial charge in [-0.15, -0.1) is 11.3 Å². The number of nitrogen functional groups attached to an aromatic ring is 1. The van der Waals surface area contributed by atoms with Gasteiger partial charge in [0.05, 0.1) is 22.3 Å². The number of aromatic amines is 1. The molecule has 1 amide bonds. The number of nitrogens with two attached hydrogens (primary N) is 1. The summed E-state index contributed by atoms with van der Waals surface area (Å²) in [5.41, 5.74) is 7.62. The van der Waals surface area contributed by atoms with E-state index < -0.39 is 0 Å². The van der Waals surface area contributed by atoms with Crippen molar-refractivity contribution in [3.05, 3.63) is 32.7 Å². The van der Waals surface area contributed by atoms with Crippen LogP contribution in [0.3, 0.4) is 0 Å². The molecule has 0 atom stereocenters. The minimum Gasteiger partial charge on any atom is -0.395 e. The average Bonchev–Trinajstić information content (AvgIpc) is 3.03. The van der Waals surface area contributed by atoms with E-state index >= 15 is 0 Å². The molecule has 3 N–H and O–H groups in total. The molecular weight excluding hydrogens is 308 g/mol. The van der Waals surface area contributed by atoms with Gasteiger partial charge in [0.1, 0.15) is 0 Å². The van der Waals surface area contributed by atoms with Crippen LogP contribution in [0.2, 0.25) is 4.34 Å². The number of hydrogen-bond acceptors (Lipinski definition) is 4. The first kappa shape index (κ1) is 15.9. The highest BCUT2D eigenvalue weighted by Crippen LogP contribution is 2.24. The van der Waals surface area contributed by atoms with Crippen molar-refractivity contribution in [2.75, 3.05) is 12.3 Å². The number of halogens is 1. The van der Waals surface area contributed by atoms with Gasteiger partial charge in [-0.2, -0.15) is 5.10 Å². The molecule has 2 aromatic heterocycles. The van der Waals surface area contributed by atoms with E-state index in [1.807, 2.05) is 19.1 Å². The summed E-state index contributed by atoms with van der Waals surface area (Å²) >= 11 is 7.40. The van der Waals surface area contributed by atoms with Gasteiger partial charge >= 0.3 is 0 Å². The first-order chi connectivity index (χ1) is 10.1. The van der Waals surface area contributed by atoms with Gasteiger partial charge in [0.25, 0.3) is 5.91 Å². The van der Waals surface area contributed by atoms with Crippen LogP contribution in [0.25, 0.3) is 0 Å². The topological polar surface area (TPSA) is 75.0 Å². The third kappa shape index (κ3) is 3.57. The van der Waals surface area contributed by atoms with E-state index in [2.05, 4.69) is 17.1 Å². The normalized spacial score (nSPS) is 10.8. The molecular formula is C14H19ClN4OS. The van der Waals surface area contributed by atoms with Crippen LogP contribution < -0.4 is 5.73 Å².